The van der Waals surface area contributed by atoms with E-state index in [1.807, 2.05) is 35.9 Å². The van der Waals surface area contributed by atoms with Crippen LogP contribution in [0.15, 0.2) is 30.6 Å². The van der Waals surface area contributed by atoms with E-state index < -0.39 is 0 Å². The topological polar surface area (TPSA) is 43.8 Å². The molecule has 0 radical (unpaired) electrons. The Bertz CT molecular complexity index is 491. The number of halogens is 1. The molecule has 0 fully saturated rings. The van der Waals surface area contributed by atoms with Crippen LogP contribution >= 0.6 is 11.6 Å². The maximum absolute atomic E-state index is 6.24. The fourth-order valence-corrected chi connectivity index (χ4v) is 2.09. The molecule has 0 bridgehead atoms. The number of aryl methyl sites for hydroxylation is 1. The van der Waals surface area contributed by atoms with Crippen molar-refractivity contribution in [2.75, 3.05) is 6.54 Å². The lowest BCUT2D eigenvalue weighted by Crippen LogP contribution is -2.07. The SMILES string of the molecule is Cc1nccn1-c1c(Cl)cccc1CCN. The van der Waals surface area contributed by atoms with Gasteiger partial charge in [0.1, 0.15) is 5.82 Å². The summed E-state index contributed by atoms with van der Waals surface area (Å²) in [5.41, 5.74) is 7.74. The maximum Gasteiger partial charge on any atom is 0.110 e. The first-order chi connectivity index (χ1) is 7.74. The van der Waals surface area contributed by atoms with Gasteiger partial charge in [-0.25, -0.2) is 4.98 Å². The van der Waals surface area contributed by atoms with E-state index in [-0.39, 0.29) is 0 Å². The lowest BCUT2D eigenvalue weighted by atomic mass is 10.1. The van der Waals surface area contributed by atoms with Gasteiger partial charge in [0, 0.05) is 12.4 Å². The fraction of sp³-hybridized carbons (Fsp3) is 0.250. The van der Waals surface area contributed by atoms with Crippen molar-refractivity contribution in [3.63, 3.8) is 0 Å². The van der Waals surface area contributed by atoms with E-state index in [4.69, 9.17) is 17.3 Å². The van der Waals surface area contributed by atoms with E-state index in [9.17, 15) is 0 Å². The highest BCUT2D eigenvalue weighted by Gasteiger charge is 2.10. The largest absolute Gasteiger partial charge is 0.330 e. The van der Waals surface area contributed by atoms with Gasteiger partial charge in [0.25, 0.3) is 0 Å². The number of aromatic nitrogens is 2. The Morgan fingerprint density at radius 2 is 2.25 bits per heavy atom. The molecule has 2 N–H and O–H groups in total. The van der Waals surface area contributed by atoms with Crippen LogP contribution in [0.4, 0.5) is 0 Å². The summed E-state index contributed by atoms with van der Waals surface area (Å²) in [6.07, 6.45) is 4.50. The molecular formula is C12H14ClN3. The molecule has 2 rings (SSSR count). The molecule has 0 aliphatic heterocycles. The third kappa shape index (κ3) is 1.96. The van der Waals surface area contributed by atoms with Crippen LogP contribution in [0.1, 0.15) is 11.4 Å². The first kappa shape index (κ1) is 11.2. The zero-order chi connectivity index (χ0) is 11.5. The maximum atomic E-state index is 6.24. The Morgan fingerprint density at radius 1 is 1.44 bits per heavy atom. The molecule has 0 aliphatic carbocycles. The molecule has 1 aromatic carbocycles. The van der Waals surface area contributed by atoms with E-state index in [1.54, 1.807) is 6.20 Å². The summed E-state index contributed by atoms with van der Waals surface area (Å²) in [6.45, 7) is 2.57. The lowest BCUT2D eigenvalue weighted by Gasteiger charge is -2.13. The predicted molar refractivity (Wildman–Crippen MR) is 66.1 cm³/mol. The van der Waals surface area contributed by atoms with E-state index in [0.717, 1.165) is 28.5 Å². The molecular weight excluding hydrogens is 222 g/mol. The zero-order valence-corrected chi connectivity index (χ0v) is 9.91. The molecule has 0 atom stereocenters. The van der Waals surface area contributed by atoms with Crippen molar-refractivity contribution < 1.29 is 0 Å². The minimum atomic E-state index is 0.612. The highest BCUT2D eigenvalue weighted by molar-refractivity contribution is 6.32. The Morgan fingerprint density at radius 3 is 2.88 bits per heavy atom. The van der Waals surface area contributed by atoms with Crippen molar-refractivity contribution in [2.24, 2.45) is 5.73 Å². The molecule has 1 heterocycles. The van der Waals surface area contributed by atoms with Gasteiger partial charge in [-0.2, -0.15) is 0 Å². The first-order valence-corrected chi connectivity index (χ1v) is 5.59. The van der Waals surface area contributed by atoms with E-state index in [0.29, 0.717) is 6.54 Å². The molecule has 0 spiro atoms. The zero-order valence-electron chi connectivity index (χ0n) is 9.15. The van der Waals surface area contributed by atoms with E-state index in [2.05, 4.69) is 4.98 Å². The number of hydrogen-bond donors (Lipinski definition) is 1. The van der Waals surface area contributed by atoms with Gasteiger partial charge in [-0.1, -0.05) is 23.7 Å². The van der Waals surface area contributed by atoms with Crippen LogP contribution in [0.5, 0.6) is 0 Å². The summed E-state index contributed by atoms with van der Waals surface area (Å²) in [5.74, 6) is 0.923. The van der Waals surface area contributed by atoms with Gasteiger partial charge in [0.15, 0.2) is 0 Å². The Kier molecular flexibility index (Phi) is 3.27. The highest BCUT2D eigenvalue weighted by atomic mass is 35.5. The van der Waals surface area contributed by atoms with Crippen LogP contribution in [0.2, 0.25) is 5.02 Å². The summed E-state index contributed by atoms with van der Waals surface area (Å²) in [7, 11) is 0. The molecule has 0 saturated carbocycles. The summed E-state index contributed by atoms with van der Waals surface area (Å²) in [4.78, 5) is 4.21. The molecule has 84 valence electrons. The Balaban J connectivity index is 2.58. The molecule has 16 heavy (non-hydrogen) atoms. The molecule has 1 aromatic heterocycles. The normalized spacial score (nSPS) is 10.7. The minimum Gasteiger partial charge on any atom is -0.330 e. The van der Waals surface area contributed by atoms with E-state index >= 15 is 0 Å². The fourth-order valence-electron chi connectivity index (χ4n) is 1.80. The number of para-hydroxylation sites is 1. The van der Waals surface area contributed by atoms with Crippen LogP contribution < -0.4 is 5.73 Å². The van der Waals surface area contributed by atoms with Crippen LogP contribution in [-0.4, -0.2) is 16.1 Å². The molecule has 4 heteroatoms. The standard InChI is InChI=1S/C12H14ClN3/c1-9-15-7-8-16(9)12-10(5-6-14)3-2-4-11(12)13/h2-4,7-8H,5-6,14H2,1H3. The number of hydrogen-bond acceptors (Lipinski definition) is 2. The third-order valence-corrected chi connectivity index (χ3v) is 2.86. The molecule has 0 aliphatic rings. The quantitative estimate of drug-likeness (QED) is 0.888. The second kappa shape index (κ2) is 4.68. The summed E-state index contributed by atoms with van der Waals surface area (Å²) in [6, 6.07) is 5.88. The second-order valence-electron chi connectivity index (χ2n) is 3.63. The molecule has 2 aromatic rings. The molecule has 3 nitrogen and oxygen atoms in total. The van der Waals surface area contributed by atoms with Crippen LogP contribution in [-0.2, 0) is 6.42 Å². The number of imidazole rings is 1. The van der Waals surface area contributed by atoms with Gasteiger partial charge >= 0.3 is 0 Å². The number of rotatable bonds is 3. The van der Waals surface area contributed by atoms with Crippen molar-refractivity contribution in [1.82, 2.24) is 9.55 Å². The second-order valence-corrected chi connectivity index (χ2v) is 4.04. The highest BCUT2D eigenvalue weighted by Crippen LogP contribution is 2.25. The number of benzene rings is 1. The van der Waals surface area contributed by atoms with Crippen molar-refractivity contribution >= 4 is 11.6 Å². The van der Waals surface area contributed by atoms with Crippen LogP contribution in [0, 0.1) is 6.92 Å². The summed E-state index contributed by atoms with van der Waals surface area (Å²) >= 11 is 6.24. The summed E-state index contributed by atoms with van der Waals surface area (Å²) < 4.78 is 1.99. The number of nitrogens with zero attached hydrogens (tertiary/aromatic N) is 2. The monoisotopic (exact) mass is 235 g/mol. The Hall–Kier alpha value is -1.32. The molecule has 0 amide bonds. The van der Waals surface area contributed by atoms with Crippen molar-refractivity contribution in [3.05, 3.63) is 47.0 Å². The van der Waals surface area contributed by atoms with E-state index in [1.165, 1.54) is 0 Å². The van der Waals surface area contributed by atoms with Crippen LogP contribution in [0.3, 0.4) is 0 Å². The summed E-state index contributed by atoms with van der Waals surface area (Å²) in [5, 5.41) is 0.729. The smallest absolute Gasteiger partial charge is 0.110 e. The third-order valence-electron chi connectivity index (χ3n) is 2.55. The Labute approximate surface area is 99.9 Å². The lowest BCUT2D eigenvalue weighted by molar-refractivity contribution is 0.912. The van der Waals surface area contributed by atoms with Crippen molar-refractivity contribution in [2.45, 2.75) is 13.3 Å². The molecule has 0 saturated heterocycles. The average molecular weight is 236 g/mol. The van der Waals surface area contributed by atoms with Gasteiger partial charge in [-0.15, -0.1) is 0 Å². The molecule has 0 unspecified atom stereocenters. The van der Waals surface area contributed by atoms with Crippen molar-refractivity contribution in [3.8, 4) is 5.69 Å². The van der Waals surface area contributed by atoms with Gasteiger partial charge < -0.3 is 10.3 Å². The first-order valence-electron chi connectivity index (χ1n) is 5.22. The average Bonchev–Trinajstić information content (AvgIpc) is 2.65. The van der Waals surface area contributed by atoms with Gasteiger partial charge in [0.05, 0.1) is 10.7 Å². The van der Waals surface area contributed by atoms with Gasteiger partial charge in [0.2, 0.25) is 0 Å². The van der Waals surface area contributed by atoms with Gasteiger partial charge in [-0.3, -0.25) is 0 Å². The van der Waals surface area contributed by atoms with Gasteiger partial charge in [-0.05, 0) is 31.5 Å². The minimum absolute atomic E-state index is 0.612. The number of nitrogens with two attached hydrogens (primary N) is 1. The predicted octanol–water partition coefficient (Wildman–Crippen LogP) is 2.34. The van der Waals surface area contributed by atoms with Crippen molar-refractivity contribution in [1.29, 1.82) is 0 Å². The van der Waals surface area contributed by atoms with Crippen LogP contribution in [0.25, 0.3) is 5.69 Å².